The van der Waals surface area contributed by atoms with E-state index in [9.17, 15) is 10.1 Å². The number of aromatic nitrogens is 1. The van der Waals surface area contributed by atoms with Gasteiger partial charge in [0.1, 0.15) is 6.07 Å². The number of carbonyl (C=O) groups is 1. The molecular weight excluding hydrogens is 342 g/mol. The highest BCUT2D eigenvalue weighted by atomic mass is 16.5. The Morgan fingerprint density at radius 1 is 1.33 bits per heavy atom. The molecule has 0 bridgehead atoms. The smallest absolute Gasteiger partial charge is 0.253 e. The number of benzene rings is 1. The molecule has 7 nitrogen and oxygen atoms in total. The van der Waals surface area contributed by atoms with Gasteiger partial charge in [-0.1, -0.05) is 0 Å². The van der Waals surface area contributed by atoms with E-state index in [1.54, 1.807) is 12.3 Å². The Bertz CT molecular complexity index is 903. The molecule has 0 aliphatic carbocycles. The minimum Gasteiger partial charge on any atom is -0.365 e. The SMILES string of the molecule is CC1CN(c2ccc(C#N)c3ncccc23)C[C@H](C(=O)N2CC(CN)C2)O1. The second-order valence-corrected chi connectivity index (χ2v) is 7.33. The summed E-state index contributed by atoms with van der Waals surface area (Å²) in [4.78, 5) is 21.2. The molecule has 4 rings (SSSR count). The van der Waals surface area contributed by atoms with E-state index in [0.717, 1.165) is 11.1 Å². The van der Waals surface area contributed by atoms with Crippen LogP contribution in [0, 0.1) is 17.2 Å². The minimum atomic E-state index is -0.491. The van der Waals surface area contributed by atoms with Gasteiger partial charge in [-0.25, -0.2) is 0 Å². The van der Waals surface area contributed by atoms with Crippen LogP contribution in [0.15, 0.2) is 30.5 Å². The van der Waals surface area contributed by atoms with Gasteiger partial charge in [0.05, 0.1) is 23.7 Å². The number of carbonyl (C=O) groups excluding carboxylic acids is 1. The Morgan fingerprint density at radius 2 is 2.15 bits per heavy atom. The van der Waals surface area contributed by atoms with Gasteiger partial charge in [-0.2, -0.15) is 5.26 Å². The summed E-state index contributed by atoms with van der Waals surface area (Å²) in [5, 5.41) is 10.3. The molecule has 2 saturated heterocycles. The Morgan fingerprint density at radius 3 is 2.89 bits per heavy atom. The average Bonchev–Trinajstić information content (AvgIpc) is 2.65. The first-order chi connectivity index (χ1) is 13.1. The number of hydrogen-bond donors (Lipinski definition) is 1. The maximum absolute atomic E-state index is 12.8. The Labute approximate surface area is 158 Å². The number of likely N-dealkylation sites (tertiary alicyclic amines) is 1. The Balaban J connectivity index is 1.60. The van der Waals surface area contributed by atoms with Crippen molar-refractivity contribution >= 4 is 22.5 Å². The van der Waals surface area contributed by atoms with E-state index >= 15 is 0 Å². The molecule has 2 N–H and O–H groups in total. The molecule has 0 saturated carbocycles. The normalized spacial score (nSPS) is 23.1. The number of amides is 1. The maximum atomic E-state index is 12.8. The van der Waals surface area contributed by atoms with E-state index in [1.165, 1.54) is 0 Å². The molecule has 7 heteroatoms. The largest absolute Gasteiger partial charge is 0.365 e. The van der Waals surface area contributed by atoms with Gasteiger partial charge < -0.3 is 20.3 Å². The Kier molecular flexibility index (Phi) is 4.68. The van der Waals surface area contributed by atoms with Gasteiger partial charge in [-0.15, -0.1) is 0 Å². The highest BCUT2D eigenvalue weighted by Gasteiger charge is 2.38. The van der Waals surface area contributed by atoms with Crippen LogP contribution in [0.5, 0.6) is 0 Å². The number of morpholine rings is 1. The zero-order valence-electron chi connectivity index (χ0n) is 15.3. The van der Waals surface area contributed by atoms with Gasteiger partial charge in [0.2, 0.25) is 0 Å². The predicted molar refractivity (Wildman–Crippen MR) is 102 cm³/mol. The maximum Gasteiger partial charge on any atom is 0.253 e. The van der Waals surface area contributed by atoms with Gasteiger partial charge >= 0.3 is 0 Å². The number of anilines is 1. The molecule has 1 amide bonds. The van der Waals surface area contributed by atoms with Gasteiger partial charge in [0.25, 0.3) is 5.91 Å². The molecule has 1 aromatic heterocycles. The van der Waals surface area contributed by atoms with Crippen molar-refractivity contribution in [3.05, 3.63) is 36.0 Å². The number of pyridine rings is 1. The molecule has 27 heavy (non-hydrogen) atoms. The number of nitrogens with zero attached hydrogens (tertiary/aromatic N) is 4. The van der Waals surface area contributed by atoms with Crippen LogP contribution in [0.4, 0.5) is 5.69 Å². The topological polar surface area (TPSA) is 95.5 Å². The van der Waals surface area contributed by atoms with Crippen LogP contribution in [0.2, 0.25) is 0 Å². The van der Waals surface area contributed by atoms with Crippen LogP contribution in [-0.4, -0.2) is 60.7 Å². The Hall–Kier alpha value is -2.69. The molecule has 2 atom stereocenters. The third-order valence-corrected chi connectivity index (χ3v) is 5.35. The number of hydrogen-bond acceptors (Lipinski definition) is 6. The van der Waals surface area contributed by atoms with Crippen molar-refractivity contribution in [1.82, 2.24) is 9.88 Å². The third-order valence-electron chi connectivity index (χ3n) is 5.35. The zero-order chi connectivity index (χ0) is 19.0. The van der Waals surface area contributed by atoms with Crippen molar-refractivity contribution in [3.8, 4) is 6.07 Å². The van der Waals surface area contributed by atoms with Crippen LogP contribution >= 0.6 is 0 Å². The standard InChI is InChI=1S/C20H23N5O2/c1-13-9-24(12-18(27-13)20(26)25-10-14(7-21)11-25)17-5-4-15(8-22)19-16(17)3-2-6-23-19/h2-6,13-14,18H,7,9-12,21H2,1H3/t13?,18-/m1/s1. The molecular formula is C20H23N5O2. The lowest BCUT2D eigenvalue weighted by Gasteiger charge is -2.44. The van der Waals surface area contributed by atoms with E-state index in [0.29, 0.717) is 49.7 Å². The van der Waals surface area contributed by atoms with Crippen molar-refractivity contribution in [2.45, 2.75) is 19.1 Å². The van der Waals surface area contributed by atoms with E-state index in [1.807, 2.05) is 30.0 Å². The van der Waals surface area contributed by atoms with E-state index in [4.69, 9.17) is 10.5 Å². The predicted octanol–water partition coefficient (Wildman–Crippen LogP) is 1.12. The molecule has 2 aliphatic heterocycles. The van der Waals surface area contributed by atoms with Crippen LogP contribution in [0.3, 0.4) is 0 Å². The molecule has 1 unspecified atom stereocenters. The summed E-state index contributed by atoms with van der Waals surface area (Å²) in [5.74, 6) is 0.437. The van der Waals surface area contributed by atoms with Crippen molar-refractivity contribution in [3.63, 3.8) is 0 Å². The fourth-order valence-corrected chi connectivity index (χ4v) is 3.91. The average molecular weight is 365 g/mol. The number of fused-ring (bicyclic) bond motifs is 1. The molecule has 0 spiro atoms. The second-order valence-electron chi connectivity index (χ2n) is 7.33. The molecule has 0 radical (unpaired) electrons. The monoisotopic (exact) mass is 365 g/mol. The number of rotatable bonds is 3. The van der Waals surface area contributed by atoms with Crippen LogP contribution in [0.1, 0.15) is 12.5 Å². The summed E-state index contributed by atoms with van der Waals surface area (Å²) in [5.41, 5.74) is 7.89. The fraction of sp³-hybridized carbons (Fsp3) is 0.450. The molecule has 1 aromatic carbocycles. The lowest BCUT2D eigenvalue weighted by atomic mass is 9.99. The zero-order valence-corrected chi connectivity index (χ0v) is 15.3. The van der Waals surface area contributed by atoms with E-state index < -0.39 is 6.10 Å². The minimum absolute atomic E-state index is 0.0346. The number of nitriles is 1. The third kappa shape index (κ3) is 3.22. The summed E-state index contributed by atoms with van der Waals surface area (Å²) < 4.78 is 5.95. The lowest BCUT2D eigenvalue weighted by molar-refractivity contribution is -0.154. The summed E-state index contributed by atoms with van der Waals surface area (Å²) >= 11 is 0. The second kappa shape index (κ2) is 7.14. The van der Waals surface area contributed by atoms with Crippen LogP contribution in [0.25, 0.3) is 10.9 Å². The quantitative estimate of drug-likeness (QED) is 0.876. The molecule has 3 heterocycles. The molecule has 2 aromatic rings. The summed E-state index contributed by atoms with van der Waals surface area (Å²) in [7, 11) is 0. The summed E-state index contributed by atoms with van der Waals surface area (Å²) in [6.07, 6.45) is 1.13. The molecule has 2 fully saturated rings. The van der Waals surface area contributed by atoms with Crippen molar-refractivity contribution < 1.29 is 9.53 Å². The first kappa shape index (κ1) is 17.7. The van der Waals surface area contributed by atoms with Gasteiger partial charge in [0.15, 0.2) is 6.10 Å². The summed E-state index contributed by atoms with van der Waals surface area (Å²) in [6, 6.07) is 9.77. The van der Waals surface area contributed by atoms with E-state index in [-0.39, 0.29) is 12.0 Å². The van der Waals surface area contributed by atoms with Crippen LogP contribution in [-0.2, 0) is 9.53 Å². The van der Waals surface area contributed by atoms with Crippen molar-refractivity contribution in [2.24, 2.45) is 11.7 Å². The number of ether oxygens (including phenoxy) is 1. The first-order valence-corrected chi connectivity index (χ1v) is 9.27. The van der Waals surface area contributed by atoms with E-state index in [2.05, 4.69) is 16.0 Å². The highest BCUT2D eigenvalue weighted by Crippen LogP contribution is 2.31. The van der Waals surface area contributed by atoms with Gasteiger partial charge in [-0.05, 0) is 37.7 Å². The molecule has 2 aliphatic rings. The van der Waals surface area contributed by atoms with Gasteiger partial charge in [0, 0.05) is 42.8 Å². The van der Waals surface area contributed by atoms with Crippen LogP contribution < -0.4 is 10.6 Å². The lowest BCUT2D eigenvalue weighted by Crippen LogP contribution is -2.60. The first-order valence-electron chi connectivity index (χ1n) is 9.27. The number of nitrogens with two attached hydrogens (primary N) is 1. The van der Waals surface area contributed by atoms with Crippen molar-refractivity contribution in [1.29, 1.82) is 5.26 Å². The molecule has 140 valence electrons. The van der Waals surface area contributed by atoms with Gasteiger partial charge in [-0.3, -0.25) is 9.78 Å². The fourth-order valence-electron chi connectivity index (χ4n) is 3.91. The highest BCUT2D eigenvalue weighted by molar-refractivity contribution is 5.95. The van der Waals surface area contributed by atoms with Crippen molar-refractivity contribution in [2.75, 3.05) is 37.6 Å². The summed E-state index contributed by atoms with van der Waals surface area (Å²) in [6.45, 7) is 5.20.